The highest BCUT2D eigenvalue weighted by Gasteiger charge is 1.84. The number of rotatable bonds is 6. The van der Waals surface area contributed by atoms with Crippen LogP contribution < -0.4 is 0 Å². The predicted octanol–water partition coefficient (Wildman–Crippen LogP) is 2.72. The molecule has 0 atom stereocenters. The van der Waals surface area contributed by atoms with Crippen molar-refractivity contribution < 1.29 is 4.74 Å². The van der Waals surface area contributed by atoms with Crippen molar-refractivity contribution in [2.75, 3.05) is 13.2 Å². The monoisotopic (exact) mass is 164 g/mol. The summed E-state index contributed by atoms with van der Waals surface area (Å²) in [4.78, 5) is 0. The lowest BCUT2D eigenvalue weighted by Crippen LogP contribution is -1.95. The summed E-state index contributed by atoms with van der Waals surface area (Å²) in [5.74, 6) is 0. The molecule has 0 aromatic rings. The Hall–Kier alpha value is 0.310. The van der Waals surface area contributed by atoms with E-state index >= 15 is 0 Å². The van der Waals surface area contributed by atoms with Crippen LogP contribution in [-0.2, 0) is 4.74 Å². The maximum Gasteiger partial charge on any atom is 0.0465 e. The molecule has 0 aromatic carbocycles. The fourth-order valence-electron chi connectivity index (χ4n) is 0.595. The van der Waals surface area contributed by atoms with Gasteiger partial charge >= 0.3 is 0 Å². The third-order valence-electron chi connectivity index (χ3n) is 1.28. The summed E-state index contributed by atoms with van der Waals surface area (Å²) in [7, 11) is 0. The number of unbranched alkanes of at least 4 members (excludes halogenated alkanes) is 2. The SMILES string of the molecule is CCCCOCCCC.S. The Morgan fingerprint density at radius 1 is 0.900 bits per heavy atom. The van der Waals surface area contributed by atoms with E-state index in [0.29, 0.717) is 0 Å². The van der Waals surface area contributed by atoms with Crippen LogP contribution in [0, 0.1) is 0 Å². The predicted molar refractivity (Wildman–Crippen MR) is 51.0 cm³/mol. The first-order chi connectivity index (χ1) is 4.41. The van der Waals surface area contributed by atoms with Crippen LogP contribution in [0.15, 0.2) is 0 Å². The Labute approximate surface area is 71.6 Å². The van der Waals surface area contributed by atoms with Crippen LogP contribution in [-0.4, -0.2) is 13.2 Å². The molecule has 1 nitrogen and oxygen atoms in total. The van der Waals surface area contributed by atoms with Gasteiger partial charge in [0.25, 0.3) is 0 Å². The molecule has 0 rings (SSSR count). The summed E-state index contributed by atoms with van der Waals surface area (Å²) in [6, 6.07) is 0. The molecule has 0 aliphatic carbocycles. The molecule has 0 heterocycles. The van der Waals surface area contributed by atoms with Gasteiger partial charge in [-0.2, -0.15) is 13.5 Å². The summed E-state index contributed by atoms with van der Waals surface area (Å²) in [6.07, 6.45) is 4.91. The highest BCUT2D eigenvalue weighted by atomic mass is 32.1. The van der Waals surface area contributed by atoms with Crippen LogP contribution in [0.2, 0.25) is 0 Å². The van der Waals surface area contributed by atoms with Crippen LogP contribution in [0.5, 0.6) is 0 Å². The molecule has 0 bridgehead atoms. The summed E-state index contributed by atoms with van der Waals surface area (Å²) in [5.41, 5.74) is 0. The second-order valence-electron chi connectivity index (χ2n) is 2.32. The van der Waals surface area contributed by atoms with Gasteiger partial charge in [0.15, 0.2) is 0 Å². The Balaban J connectivity index is 0. The van der Waals surface area contributed by atoms with Gasteiger partial charge in [0.1, 0.15) is 0 Å². The fourth-order valence-corrected chi connectivity index (χ4v) is 0.595. The Morgan fingerprint density at radius 2 is 1.30 bits per heavy atom. The normalized spacial score (nSPS) is 9.00. The second kappa shape index (κ2) is 12.0. The molecule has 0 saturated carbocycles. The van der Waals surface area contributed by atoms with Crippen LogP contribution in [0.1, 0.15) is 39.5 Å². The highest BCUT2D eigenvalue weighted by Crippen LogP contribution is 1.91. The summed E-state index contributed by atoms with van der Waals surface area (Å²) in [6.45, 7) is 6.28. The first kappa shape index (κ1) is 12.9. The minimum absolute atomic E-state index is 0. The van der Waals surface area contributed by atoms with Crippen LogP contribution in [0.4, 0.5) is 0 Å². The Bertz CT molecular complexity index is 42.5. The van der Waals surface area contributed by atoms with Crippen molar-refractivity contribution in [1.82, 2.24) is 0 Å². The highest BCUT2D eigenvalue weighted by molar-refractivity contribution is 7.59. The number of ether oxygens (including phenoxy) is 1. The largest absolute Gasteiger partial charge is 0.381 e. The lowest BCUT2D eigenvalue weighted by atomic mass is 10.3. The molecule has 0 spiro atoms. The van der Waals surface area contributed by atoms with E-state index in [-0.39, 0.29) is 13.5 Å². The van der Waals surface area contributed by atoms with Crippen molar-refractivity contribution >= 4 is 13.5 Å². The quantitative estimate of drug-likeness (QED) is 0.548. The van der Waals surface area contributed by atoms with Gasteiger partial charge in [0, 0.05) is 13.2 Å². The van der Waals surface area contributed by atoms with E-state index in [1.54, 1.807) is 0 Å². The molecule has 10 heavy (non-hydrogen) atoms. The van der Waals surface area contributed by atoms with Gasteiger partial charge in [0.2, 0.25) is 0 Å². The van der Waals surface area contributed by atoms with Crippen molar-refractivity contribution in [1.29, 1.82) is 0 Å². The molecule has 0 aromatic heterocycles. The summed E-state index contributed by atoms with van der Waals surface area (Å²) in [5, 5.41) is 0. The number of hydrogen-bond donors (Lipinski definition) is 0. The maximum absolute atomic E-state index is 5.31. The van der Waals surface area contributed by atoms with E-state index in [1.807, 2.05) is 0 Å². The molecule has 0 aliphatic heterocycles. The van der Waals surface area contributed by atoms with Crippen molar-refractivity contribution in [3.8, 4) is 0 Å². The molecule has 0 aliphatic rings. The first-order valence-electron chi connectivity index (χ1n) is 3.99. The van der Waals surface area contributed by atoms with E-state index < -0.39 is 0 Å². The van der Waals surface area contributed by atoms with E-state index in [1.165, 1.54) is 25.7 Å². The summed E-state index contributed by atoms with van der Waals surface area (Å²) >= 11 is 0. The van der Waals surface area contributed by atoms with Gasteiger partial charge in [-0.25, -0.2) is 0 Å². The maximum atomic E-state index is 5.31. The zero-order chi connectivity index (χ0) is 6.95. The van der Waals surface area contributed by atoms with Crippen LogP contribution in [0.25, 0.3) is 0 Å². The van der Waals surface area contributed by atoms with E-state index in [4.69, 9.17) is 4.74 Å². The molecule has 2 heteroatoms. The molecule has 0 N–H and O–H groups in total. The van der Waals surface area contributed by atoms with Gasteiger partial charge in [-0.3, -0.25) is 0 Å². The lowest BCUT2D eigenvalue weighted by Gasteiger charge is -1.99. The van der Waals surface area contributed by atoms with Crippen molar-refractivity contribution in [3.63, 3.8) is 0 Å². The topological polar surface area (TPSA) is 9.23 Å². The molecular weight excluding hydrogens is 144 g/mol. The molecule has 0 fully saturated rings. The molecule has 0 saturated heterocycles. The second-order valence-corrected chi connectivity index (χ2v) is 2.32. The van der Waals surface area contributed by atoms with Crippen molar-refractivity contribution in [2.45, 2.75) is 39.5 Å². The van der Waals surface area contributed by atoms with Crippen LogP contribution >= 0.6 is 13.5 Å². The van der Waals surface area contributed by atoms with E-state index in [9.17, 15) is 0 Å². The zero-order valence-corrected chi connectivity index (χ0v) is 8.15. The van der Waals surface area contributed by atoms with Crippen LogP contribution in [0.3, 0.4) is 0 Å². The molecule has 64 valence electrons. The lowest BCUT2D eigenvalue weighted by molar-refractivity contribution is 0.128. The van der Waals surface area contributed by atoms with Gasteiger partial charge in [0.05, 0.1) is 0 Å². The van der Waals surface area contributed by atoms with Gasteiger partial charge in [-0.1, -0.05) is 26.7 Å². The standard InChI is InChI=1S/C8H18O.H2S/c1-3-5-7-9-8-6-4-2;/h3-8H2,1-2H3;1H2. The third-order valence-corrected chi connectivity index (χ3v) is 1.28. The van der Waals surface area contributed by atoms with E-state index in [0.717, 1.165) is 13.2 Å². The average Bonchev–Trinajstić information content (AvgIpc) is 1.89. The zero-order valence-electron chi connectivity index (χ0n) is 7.15. The average molecular weight is 164 g/mol. The fraction of sp³-hybridized carbons (Fsp3) is 1.00. The minimum Gasteiger partial charge on any atom is -0.381 e. The minimum atomic E-state index is 0. The molecule has 0 amide bonds. The first-order valence-corrected chi connectivity index (χ1v) is 3.99. The molecule has 0 radical (unpaired) electrons. The van der Waals surface area contributed by atoms with Crippen molar-refractivity contribution in [3.05, 3.63) is 0 Å². The smallest absolute Gasteiger partial charge is 0.0465 e. The van der Waals surface area contributed by atoms with Gasteiger partial charge in [-0.05, 0) is 12.8 Å². The summed E-state index contributed by atoms with van der Waals surface area (Å²) < 4.78 is 5.31. The molecular formula is C8H20OS. The Morgan fingerprint density at radius 3 is 1.60 bits per heavy atom. The Kier molecular flexibility index (Phi) is 15.6. The molecule has 0 unspecified atom stereocenters. The van der Waals surface area contributed by atoms with Crippen molar-refractivity contribution in [2.24, 2.45) is 0 Å². The third kappa shape index (κ3) is 11.2. The van der Waals surface area contributed by atoms with E-state index in [2.05, 4.69) is 13.8 Å². The van der Waals surface area contributed by atoms with Gasteiger partial charge < -0.3 is 4.74 Å². The van der Waals surface area contributed by atoms with Gasteiger partial charge in [-0.15, -0.1) is 0 Å². The number of hydrogen-bond acceptors (Lipinski definition) is 1.